The third-order valence-electron chi connectivity index (χ3n) is 10.8. The summed E-state index contributed by atoms with van der Waals surface area (Å²) in [6.45, 7) is 1.44. The highest BCUT2D eigenvalue weighted by atomic mass is 19.2. The van der Waals surface area contributed by atoms with Gasteiger partial charge in [0.2, 0.25) is 0 Å². The average molecular weight is 577 g/mol. The maximum Gasteiger partial charge on any atom is 0.119 e. The van der Waals surface area contributed by atoms with E-state index in [0.717, 1.165) is 0 Å². The summed E-state index contributed by atoms with van der Waals surface area (Å²) in [5, 5.41) is 10.9. The summed E-state index contributed by atoms with van der Waals surface area (Å²) in [4.78, 5) is 0. The minimum Gasteiger partial charge on any atom is -0.388 e. The summed E-state index contributed by atoms with van der Waals surface area (Å²) in [6.07, 6.45) is 0.0872. The highest BCUT2D eigenvalue weighted by Gasteiger charge is 2.72. The number of alkyl halides is 4. The predicted octanol–water partition coefficient (Wildman–Crippen LogP) is 3.76. The van der Waals surface area contributed by atoms with Gasteiger partial charge in [-0.25, -0.2) is 17.6 Å². The number of hydrogen-bond donors (Lipinski definition) is 1. The zero-order valence-electron chi connectivity index (χ0n) is 22.9. The topological polar surface area (TPSA) is 82.2 Å². The molecule has 0 aromatic rings. The Morgan fingerprint density at radius 2 is 0.825 bits per heavy atom. The molecule has 6 atom stereocenters. The molecule has 10 aliphatic rings. The van der Waals surface area contributed by atoms with Crippen molar-refractivity contribution in [2.45, 2.75) is 140 Å². The van der Waals surface area contributed by atoms with Crippen LogP contribution >= 0.6 is 0 Å². The van der Waals surface area contributed by atoms with E-state index in [-0.39, 0.29) is 89.6 Å². The molecule has 11 heteroatoms. The van der Waals surface area contributed by atoms with E-state index < -0.39 is 51.2 Å². The molecular weight excluding hydrogens is 536 g/mol. The van der Waals surface area contributed by atoms with Gasteiger partial charge in [-0.2, -0.15) is 0 Å². The molecule has 2 saturated heterocycles. The molecule has 10 fully saturated rings. The van der Waals surface area contributed by atoms with E-state index in [2.05, 4.69) is 0 Å². The Morgan fingerprint density at radius 3 is 1.12 bits per heavy atom. The summed E-state index contributed by atoms with van der Waals surface area (Å²) >= 11 is 0. The smallest absolute Gasteiger partial charge is 0.119 e. The van der Waals surface area contributed by atoms with Crippen LogP contribution in [0.5, 0.6) is 0 Å². The lowest BCUT2D eigenvalue weighted by atomic mass is 9.49. The Balaban J connectivity index is 0.929. The molecule has 8 bridgehead atoms. The predicted molar refractivity (Wildman–Crippen MR) is 131 cm³/mol. The van der Waals surface area contributed by atoms with Crippen molar-refractivity contribution >= 4 is 0 Å². The number of epoxide rings is 2. The normalized spacial score (nSPS) is 57.5. The van der Waals surface area contributed by atoms with Crippen molar-refractivity contribution in [3.8, 4) is 0 Å². The van der Waals surface area contributed by atoms with Crippen LogP contribution in [0.4, 0.5) is 17.6 Å². The Bertz CT molecular complexity index is 935. The van der Waals surface area contributed by atoms with Gasteiger partial charge in [-0.1, -0.05) is 0 Å². The van der Waals surface area contributed by atoms with Gasteiger partial charge < -0.3 is 33.5 Å². The third kappa shape index (κ3) is 4.83. The van der Waals surface area contributed by atoms with Crippen LogP contribution < -0.4 is 0 Å². The van der Waals surface area contributed by atoms with Crippen LogP contribution in [0.1, 0.15) is 77.0 Å². The largest absolute Gasteiger partial charge is 0.388 e. The molecular formula is C29H40F4O7. The van der Waals surface area contributed by atoms with Crippen molar-refractivity contribution in [1.29, 1.82) is 0 Å². The summed E-state index contributed by atoms with van der Waals surface area (Å²) in [6, 6.07) is 0. The zero-order chi connectivity index (χ0) is 27.7. The minimum absolute atomic E-state index is 0.0157. The van der Waals surface area contributed by atoms with Crippen LogP contribution in [0.3, 0.4) is 0 Å². The number of halogens is 4. The van der Waals surface area contributed by atoms with Gasteiger partial charge in [0.25, 0.3) is 0 Å². The van der Waals surface area contributed by atoms with Gasteiger partial charge in [-0.3, -0.25) is 0 Å². The van der Waals surface area contributed by atoms with Crippen LogP contribution in [0.2, 0.25) is 0 Å². The van der Waals surface area contributed by atoms with Crippen molar-refractivity contribution in [2.75, 3.05) is 39.6 Å². The molecule has 0 spiro atoms. The van der Waals surface area contributed by atoms with Crippen LogP contribution in [-0.4, -0.2) is 108 Å². The lowest BCUT2D eigenvalue weighted by Crippen LogP contribution is -2.71. The molecule has 8 saturated carbocycles. The first-order chi connectivity index (χ1) is 18.7. The molecule has 0 aromatic carbocycles. The first kappa shape index (κ1) is 27.0. The number of ether oxygens (including phenoxy) is 6. The Hall–Kier alpha value is -0.560. The molecule has 226 valence electrons. The van der Waals surface area contributed by atoms with Crippen molar-refractivity contribution in [3.05, 3.63) is 0 Å². The van der Waals surface area contributed by atoms with E-state index in [4.69, 9.17) is 28.4 Å². The van der Waals surface area contributed by atoms with E-state index in [0.29, 0.717) is 39.3 Å². The molecule has 7 nitrogen and oxygen atoms in total. The summed E-state index contributed by atoms with van der Waals surface area (Å²) < 4.78 is 98.5. The van der Waals surface area contributed by atoms with Crippen LogP contribution in [-0.2, 0) is 28.4 Å². The summed E-state index contributed by atoms with van der Waals surface area (Å²) in [5.41, 5.74) is -11.0. The van der Waals surface area contributed by atoms with E-state index in [9.17, 15) is 5.11 Å². The second-order valence-corrected chi connectivity index (χ2v) is 15.3. The molecule has 0 aromatic heterocycles. The van der Waals surface area contributed by atoms with Crippen molar-refractivity contribution in [1.82, 2.24) is 0 Å². The quantitative estimate of drug-likeness (QED) is 0.280. The van der Waals surface area contributed by atoms with Crippen LogP contribution in [0, 0.1) is 0 Å². The fourth-order valence-corrected chi connectivity index (χ4v) is 10.5. The second-order valence-electron chi connectivity index (χ2n) is 15.3. The van der Waals surface area contributed by atoms with Gasteiger partial charge in [0.05, 0.1) is 62.0 Å². The minimum atomic E-state index is -1.72. The highest BCUT2D eigenvalue weighted by Crippen LogP contribution is 2.67. The molecule has 2 heterocycles. The molecule has 10 rings (SSSR count). The highest BCUT2D eigenvalue weighted by molar-refractivity contribution is 5.23. The maximum absolute atomic E-state index is 15.9. The first-order valence-electron chi connectivity index (χ1n) is 15.0. The lowest BCUT2D eigenvalue weighted by molar-refractivity contribution is -0.300. The third-order valence-corrected chi connectivity index (χ3v) is 10.8. The van der Waals surface area contributed by atoms with E-state index in [1.807, 2.05) is 0 Å². The lowest BCUT2D eigenvalue weighted by Gasteiger charge is -2.65. The SMILES string of the molecule is OC(COC12CC3(F)CC(F)(C1)CC(OCC1CO1)(C3)C2)COC12CC3(F)CC(F)(C1)CC(OCC1CO1)(C3)C2. The Labute approximate surface area is 231 Å². The van der Waals surface area contributed by atoms with Crippen LogP contribution in [0.25, 0.3) is 0 Å². The second kappa shape index (κ2) is 8.33. The standard InChI is InChI=1S/C29H40F4O7/c30-22-7-23(31)10-26(9-22,17-28(13-22,14-23)39-5-20-3-35-20)37-1-19(34)2-38-27-11-24(32)8-25(33,12-27)16-29(15-24,18-27)40-6-21-4-36-21/h19-21,34H,1-18H2. The van der Waals surface area contributed by atoms with Gasteiger partial charge in [0.15, 0.2) is 0 Å². The van der Waals surface area contributed by atoms with Gasteiger partial charge in [-0.15, -0.1) is 0 Å². The van der Waals surface area contributed by atoms with E-state index in [1.54, 1.807) is 0 Å². The monoisotopic (exact) mass is 576 g/mol. The van der Waals surface area contributed by atoms with Gasteiger partial charge in [0.1, 0.15) is 41.0 Å². The fourth-order valence-electron chi connectivity index (χ4n) is 10.5. The van der Waals surface area contributed by atoms with E-state index >= 15 is 17.6 Å². The molecule has 8 aliphatic carbocycles. The maximum atomic E-state index is 15.9. The molecule has 6 unspecified atom stereocenters. The van der Waals surface area contributed by atoms with E-state index in [1.165, 1.54) is 0 Å². The molecule has 40 heavy (non-hydrogen) atoms. The van der Waals surface area contributed by atoms with Crippen molar-refractivity contribution in [2.24, 2.45) is 0 Å². The summed E-state index contributed by atoms with van der Waals surface area (Å²) in [5.74, 6) is 0. The van der Waals surface area contributed by atoms with Gasteiger partial charge >= 0.3 is 0 Å². The van der Waals surface area contributed by atoms with Gasteiger partial charge in [-0.05, 0) is 0 Å². The zero-order valence-corrected chi connectivity index (χ0v) is 22.9. The van der Waals surface area contributed by atoms with Gasteiger partial charge in [0, 0.05) is 77.0 Å². The number of hydrogen-bond acceptors (Lipinski definition) is 7. The summed E-state index contributed by atoms with van der Waals surface area (Å²) in [7, 11) is 0. The Kier molecular flexibility index (Phi) is 5.63. The van der Waals surface area contributed by atoms with Crippen molar-refractivity contribution in [3.63, 3.8) is 0 Å². The van der Waals surface area contributed by atoms with Crippen molar-refractivity contribution < 1.29 is 51.1 Å². The number of rotatable bonds is 12. The number of aliphatic hydroxyl groups is 1. The molecule has 0 amide bonds. The Morgan fingerprint density at radius 1 is 0.525 bits per heavy atom. The number of aliphatic hydroxyl groups excluding tert-OH is 1. The molecule has 0 radical (unpaired) electrons. The average Bonchev–Trinajstić information content (AvgIpc) is 3.69. The molecule has 1 N–H and O–H groups in total. The fraction of sp³-hybridized carbons (Fsp3) is 1.00. The molecule has 2 aliphatic heterocycles. The first-order valence-corrected chi connectivity index (χ1v) is 15.0. The van der Waals surface area contributed by atoms with Crippen LogP contribution in [0.15, 0.2) is 0 Å².